The molecule has 0 spiro atoms. The van der Waals surface area contributed by atoms with Gasteiger partial charge in [-0.15, -0.1) is 22.7 Å². The molecular formula is C19H20N6OS2. The maximum atomic E-state index is 12.5. The van der Waals surface area contributed by atoms with Gasteiger partial charge in [0.15, 0.2) is 5.13 Å². The van der Waals surface area contributed by atoms with Crippen molar-refractivity contribution in [3.05, 3.63) is 51.3 Å². The molecule has 0 saturated carbocycles. The molecule has 0 radical (unpaired) electrons. The molecule has 9 heteroatoms. The van der Waals surface area contributed by atoms with Gasteiger partial charge in [-0.2, -0.15) is 0 Å². The third-order valence-corrected chi connectivity index (χ3v) is 5.96. The van der Waals surface area contributed by atoms with Gasteiger partial charge in [0, 0.05) is 48.1 Å². The zero-order chi connectivity index (χ0) is 19.5. The summed E-state index contributed by atoms with van der Waals surface area (Å²) in [6.45, 7) is 5.22. The molecule has 1 N–H and O–H groups in total. The summed E-state index contributed by atoms with van der Waals surface area (Å²) in [5.41, 5.74) is 1.79. The van der Waals surface area contributed by atoms with Crippen LogP contribution in [0.15, 0.2) is 29.1 Å². The Morgan fingerprint density at radius 3 is 2.93 bits per heavy atom. The number of likely N-dealkylation sites (tertiary alicyclic amines) is 1. The lowest BCUT2D eigenvalue weighted by molar-refractivity contribution is -0.124. The second kappa shape index (κ2) is 8.15. The monoisotopic (exact) mass is 412 g/mol. The van der Waals surface area contributed by atoms with Crippen molar-refractivity contribution in [2.75, 3.05) is 18.4 Å². The van der Waals surface area contributed by atoms with Crippen LogP contribution in [0.25, 0.3) is 6.08 Å². The Bertz CT molecular complexity index is 998. The van der Waals surface area contributed by atoms with Crippen LogP contribution < -0.4 is 5.32 Å². The van der Waals surface area contributed by atoms with E-state index in [2.05, 4.69) is 25.3 Å². The van der Waals surface area contributed by atoms with Crippen LogP contribution >= 0.6 is 22.7 Å². The highest BCUT2D eigenvalue weighted by atomic mass is 32.1. The number of amides is 1. The second-order valence-electron chi connectivity index (χ2n) is 6.58. The van der Waals surface area contributed by atoms with E-state index in [-0.39, 0.29) is 11.8 Å². The maximum Gasteiger partial charge on any atom is 0.246 e. The molecule has 1 amide bonds. The Labute approximate surface area is 171 Å². The van der Waals surface area contributed by atoms with Gasteiger partial charge in [0.05, 0.1) is 16.4 Å². The summed E-state index contributed by atoms with van der Waals surface area (Å²) in [5, 5.41) is 8.88. The normalized spacial score (nSPS) is 16.8. The average molecular weight is 413 g/mol. The minimum Gasteiger partial charge on any atom is -0.338 e. The fourth-order valence-electron chi connectivity index (χ4n) is 3.18. The van der Waals surface area contributed by atoms with Crippen LogP contribution in [0.3, 0.4) is 0 Å². The maximum absolute atomic E-state index is 12.5. The standard InChI is InChI=1S/C19H20N6OS2/c1-12-21-16(9-17(22-12)24-19-20-6-8-27-19)14-5-7-25(10-14)18(26)4-3-15-11-28-13(2)23-15/h3-4,6,8-9,11,14H,5,7,10H2,1-2H3,(H,20,21,22,24)/b4-3+/t14-/m1/s1. The molecule has 1 saturated heterocycles. The predicted molar refractivity (Wildman–Crippen MR) is 112 cm³/mol. The number of thiazole rings is 2. The minimum atomic E-state index is 0.0139. The predicted octanol–water partition coefficient (Wildman–Crippen LogP) is 3.78. The molecule has 1 aliphatic rings. The summed E-state index contributed by atoms with van der Waals surface area (Å²) >= 11 is 3.10. The van der Waals surface area contributed by atoms with Crippen molar-refractivity contribution in [2.45, 2.75) is 26.2 Å². The number of aromatic nitrogens is 4. The Hall–Kier alpha value is -2.65. The summed E-state index contributed by atoms with van der Waals surface area (Å²) in [6, 6.07) is 1.96. The first-order valence-electron chi connectivity index (χ1n) is 8.98. The molecule has 4 heterocycles. The van der Waals surface area contributed by atoms with Crippen LogP contribution in [0.2, 0.25) is 0 Å². The number of nitrogens with one attached hydrogen (secondary N) is 1. The van der Waals surface area contributed by atoms with Crippen molar-refractivity contribution in [2.24, 2.45) is 0 Å². The van der Waals surface area contributed by atoms with Crippen molar-refractivity contribution < 1.29 is 4.79 Å². The Morgan fingerprint density at radius 2 is 2.18 bits per heavy atom. The van der Waals surface area contributed by atoms with Gasteiger partial charge in [0.2, 0.25) is 5.91 Å². The average Bonchev–Trinajstić information content (AvgIpc) is 3.41. The van der Waals surface area contributed by atoms with E-state index < -0.39 is 0 Å². The van der Waals surface area contributed by atoms with Crippen LogP contribution in [0.4, 0.5) is 10.9 Å². The lowest BCUT2D eigenvalue weighted by Crippen LogP contribution is -2.26. The van der Waals surface area contributed by atoms with E-state index in [9.17, 15) is 4.79 Å². The number of carbonyl (C=O) groups excluding carboxylic acids is 1. The third kappa shape index (κ3) is 4.42. The number of rotatable bonds is 5. The van der Waals surface area contributed by atoms with Gasteiger partial charge in [0.25, 0.3) is 0 Å². The summed E-state index contributed by atoms with van der Waals surface area (Å²) < 4.78 is 0. The number of nitrogens with zero attached hydrogens (tertiary/aromatic N) is 5. The highest BCUT2D eigenvalue weighted by Gasteiger charge is 2.27. The number of anilines is 2. The van der Waals surface area contributed by atoms with Gasteiger partial charge < -0.3 is 10.2 Å². The molecule has 7 nitrogen and oxygen atoms in total. The van der Waals surface area contributed by atoms with E-state index in [1.165, 1.54) is 11.3 Å². The first-order chi connectivity index (χ1) is 13.6. The van der Waals surface area contributed by atoms with E-state index in [1.807, 2.05) is 35.6 Å². The number of hydrogen-bond donors (Lipinski definition) is 1. The Kier molecular flexibility index (Phi) is 5.45. The molecule has 1 atom stereocenters. The van der Waals surface area contributed by atoms with Crippen molar-refractivity contribution in [3.63, 3.8) is 0 Å². The van der Waals surface area contributed by atoms with Crippen LogP contribution in [0.1, 0.15) is 34.6 Å². The van der Waals surface area contributed by atoms with Crippen LogP contribution in [0, 0.1) is 13.8 Å². The van der Waals surface area contributed by atoms with Gasteiger partial charge in [-0.25, -0.2) is 19.9 Å². The van der Waals surface area contributed by atoms with Gasteiger partial charge in [-0.3, -0.25) is 4.79 Å². The summed E-state index contributed by atoms with van der Waals surface area (Å²) in [5.74, 6) is 1.67. The molecular weight excluding hydrogens is 392 g/mol. The first-order valence-corrected chi connectivity index (χ1v) is 10.7. The minimum absolute atomic E-state index is 0.0139. The zero-order valence-electron chi connectivity index (χ0n) is 15.6. The van der Waals surface area contributed by atoms with Crippen LogP contribution in [-0.2, 0) is 4.79 Å². The third-order valence-electron chi connectivity index (χ3n) is 4.48. The van der Waals surface area contributed by atoms with E-state index in [0.717, 1.165) is 40.3 Å². The van der Waals surface area contributed by atoms with E-state index >= 15 is 0 Å². The highest BCUT2D eigenvalue weighted by Crippen LogP contribution is 2.28. The topological polar surface area (TPSA) is 83.9 Å². The molecule has 3 aromatic rings. The van der Waals surface area contributed by atoms with Crippen molar-refractivity contribution >= 4 is 45.6 Å². The summed E-state index contributed by atoms with van der Waals surface area (Å²) in [7, 11) is 0. The Balaban J connectivity index is 1.42. The molecule has 3 aromatic heterocycles. The van der Waals surface area contributed by atoms with Crippen molar-refractivity contribution in [1.82, 2.24) is 24.8 Å². The molecule has 0 aliphatic carbocycles. The molecule has 1 fully saturated rings. The molecule has 4 rings (SSSR count). The second-order valence-corrected chi connectivity index (χ2v) is 8.54. The van der Waals surface area contributed by atoms with Crippen molar-refractivity contribution in [1.29, 1.82) is 0 Å². The molecule has 28 heavy (non-hydrogen) atoms. The zero-order valence-corrected chi connectivity index (χ0v) is 17.3. The van der Waals surface area contributed by atoms with Gasteiger partial charge in [-0.05, 0) is 26.3 Å². The molecule has 0 aromatic carbocycles. The van der Waals surface area contributed by atoms with E-state index in [1.54, 1.807) is 29.7 Å². The SMILES string of the molecule is Cc1nc(Nc2nccs2)cc([C@@H]2CCN(C(=O)/C=C/c3csc(C)n3)C2)n1. The quantitative estimate of drug-likeness (QED) is 0.642. The number of aryl methyl sites for hydroxylation is 2. The fraction of sp³-hybridized carbons (Fsp3) is 0.316. The number of hydrogen-bond acceptors (Lipinski definition) is 8. The van der Waals surface area contributed by atoms with Gasteiger partial charge in [-0.1, -0.05) is 0 Å². The van der Waals surface area contributed by atoms with Crippen LogP contribution in [-0.4, -0.2) is 43.8 Å². The fourth-order valence-corrected chi connectivity index (χ4v) is 4.30. The molecule has 0 unspecified atom stereocenters. The van der Waals surface area contributed by atoms with Gasteiger partial charge in [0.1, 0.15) is 11.6 Å². The lowest BCUT2D eigenvalue weighted by Gasteiger charge is -2.15. The van der Waals surface area contributed by atoms with Crippen LogP contribution in [0.5, 0.6) is 0 Å². The smallest absolute Gasteiger partial charge is 0.246 e. The summed E-state index contributed by atoms with van der Waals surface area (Å²) in [6.07, 6.45) is 6.03. The molecule has 0 bridgehead atoms. The Morgan fingerprint density at radius 1 is 1.29 bits per heavy atom. The summed E-state index contributed by atoms with van der Waals surface area (Å²) in [4.78, 5) is 32.0. The largest absolute Gasteiger partial charge is 0.338 e. The van der Waals surface area contributed by atoms with Gasteiger partial charge >= 0.3 is 0 Å². The van der Waals surface area contributed by atoms with E-state index in [0.29, 0.717) is 12.4 Å². The molecule has 1 aliphatic heterocycles. The van der Waals surface area contributed by atoms with Crippen molar-refractivity contribution in [3.8, 4) is 0 Å². The lowest BCUT2D eigenvalue weighted by atomic mass is 10.0. The number of carbonyl (C=O) groups is 1. The first kappa shape index (κ1) is 18.7. The highest BCUT2D eigenvalue weighted by molar-refractivity contribution is 7.13. The molecule has 144 valence electrons. The van der Waals surface area contributed by atoms with E-state index in [4.69, 9.17) is 0 Å².